The number of hydrogen-bond donors (Lipinski definition) is 0. The van der Waals surface area contributed by atoms with Crippen molar-refractivity contribution in [2.45, 2.75) is 68.5 Å². The average Bonchev–Trinajstić information content (AvgIpc) is 2.78. The standard InChI is InChI=1S/C22H32N2O2.2C5H8O2.Ni.O.V/c1-15-9-17(3)21(25)19(11-15)13-23(5)7-8-24(6)14-20-12-16(2)10-18(4)22(20)26;2*1-4(6)3-5(2)7;;;/h9-12,25-26H,7-8,13-14H2,1-6H3;2*3,6H,1-2H3;;;/q;;;+3;-2;/p-4/b;2*4-3-;;;. The third-order valence-electron chi connectivity index (χ3n) is 5.55. The number of rotatable bonds is 9. The second-order valence-corrected chi connectivity index (χ2v) is 10.3. The van der Waals surface area contributed by atoms with Crippen LogP contribution in [0.1, 0.15) is 61.1 Å². The molecule has 0 aromatic heterocycles. The summed E-state index contributed by atoms with van der Waals surface area (Å²) >= 11 is 0. The molecule has 0 aliphatic carbocycles. The Labute approximate surface area is 279 Å². The molecule has 0 fully saturated rings. The Kier molecular flexibility index (Phi) is 26.2. The molecule has 0 amide bonds. The number of allylic oxidation sites excluding steroid dienone is 4. The molecule has 0 saturated heterocycles. The number of benzene rings is 2. The summed E-state index contributed by atoms with van der Waals surface area (Å²) in [6.45, 7) is 16.1. The Morgan fingerprint density at radius 2 is 0.953 bits per heavy atom. The quantitative estimate of drug-likeness (QED) is 0.222. The molecule has 2 rings (SSSR count). The minimum atomic E-state index is -0.187. The van der Waals surface area contributed by atoms with Gasteiger partial charge in [-0.05, 0) is 78.9 Å². The molecule has 43 heavy (non-hydrogen) atoms. The van der Waals surface area contributed by atoms with Crippen LogP contribution < -0.4 is 20.4 Å². The van der Waals surface area contributed by atoms with Crippen LogP contribution in [0.15, 0.2) is 47.9 Å². The number of carbonyl (C=O) groups excluding carboxylic acids is 2. The van der Waals surface area contributed by atoms with Gasteiger partial charge in [0.05, 0.1) is 0 Å². The van der Waals surface area contributed by atoms with Gasteiger partial charge in [0.25, 0.3) is 0 Å². The molecule has 2 aromatic rings. The van der Waals surface area contributed by atoms with Crippen molar-refractivity contribution < 1.29 is 70.5 Å². The van der Waals surface area contributed by atoms with Crippen LogP contribution in [0.25, 0.3) is 0 Å². The summed E-state index contributed by atoms with van der Waals surface area (Å²) in [5.41, 5.74) is 5.57. The first-order valence-electron chi connectivity index (χ1n) is 13.1. The van der Waals surface area contributed by atoms with E-state index in [1.54, 1.807) is 0 Å². The Bertz CT molecular complexity index is 1120. The van der Waals surface area contributed by atoms with Crippen molar-refractivity contribution in [3.63, 3.8) is 0 Å². The fraction of sp³-hybridized carbons (Fsp3) is 0.438. The summed E-state index contributed by atoms with van der Waals surface area (Å²) < 4.78 is 0. The molecule has 2 radical (unpaired) electrons. The molecular formula is C32H44N2NiO7V-3. The second kappa shape index (κ2) is 23.8. The van der Waals surface area contributed by atoms with Crippen molar-refractivity contribution in [1.82, 2.24) is 9.80 Å². The van der Waals surface area contributed by atoms with Crippen molar-refractivity contribution in [2.75, 3.05) is 27.2 Å². The number of nitrogens with zero attached hydrogens (tertiary/aromatic N) is 2. The molecular weight excluding hydrogens is 634 g/mol. The van der Waals surface area contributed by atoms with E-state index in [9.17, 15) is 30.0 Å². The predicted octanol–water partition coefficient (Wildman–Crippen LogP) is 2.19. The Hall–Kier alpha value is -2.58. The van der Waals surface area contributed by atoms with Crippen molar-refractivity contribution >= 4 is 11.6 Å². The topological polar surface area (TPSA) is 161 Å². The zero-order chi connectivity index (χ0) is 31.2. The first-order chi connectivity index (χ1) is 18.4. The van der Waals surface area contributed by atoms with E-state index in [1.807, 2.05) is 66.1 Å². The molecule has 9 nitrogen and oxygen atoms in total. The van der Waals surface area contributed by atoms with Crippen LogP contribution in [0.4, 0.5) is 0 Å². The summed E-state index contributed by atoms with van der Waals surface area (Å²) in [7, 11) is 4.06. The van der Waals surface area contributed by atoms with E-state index in [4.69, 9.17) is 0 Å². The van der Waals surface area contributed by atoms with Gasteiger partial charge in [-0.1, -0.05) is 60.4 Å². The number of carbonyl (C=O) groups is 2. The first kappa shape index (κ1) is 47.4. The van der Waals surface area contributed by atoms with Gasteiger partial charge in [-0.3, -0.25) is 9.59 Å². The molecule has 0 heterocycles. The molecule has 0 aliphatic rings. The zero-order valence-electron chi connectivity index (χ0n) is 26.8. The van der Waals surface area contributed by atoms with Gasteiger partial charge in [-0.25, -0.2) is 0 Å². The van der Waals surface area contributed by atoms with Crippen LogP contribution in [-0.2, 0) is 63.2 Å². The molecule has 11 heteroatoms. The Morgan fingerprint density at radius 3 is 1.16 bits per heavy atom. The van der Waals surface area contributed by atoms with E-state index in [0.29, 0.717) is 13.1 Å². The molecule has 2 aromatic carbocycles. The van der Waals surface area contributed by atoms with Crippen molar-refractivity contribution in [1.29, 1.82) is 0 Å². The maximum absolute atomic E-state index is 12.3. The van der Waals surface area contributed by atoms with Crippen LogP contribution in [-0.4, -0.2) is 48.6 Å². The summed E-state index contributed by atoms with van der Waals surface area (Å²) in [6, 6.07) is 7.83. The van der Waals surface area contributed by atoms with E-state index in [2.05, 4.69) is 9.80 Å². The van der Waals surface area contributed by atoms with Crippen molar-refractivity contribution in [3.8, 4) is 11.5 Å². The van der Waals surface area contributed by atoms with Crippen LogP contribution in [0.2, 0.25) is 0 Å². The maximum atomic E-state index is 12.3. The van der Waals surface area contributed by atoms with Gasteiger partial charge >= 0.3 is 16.5 Å². The molecule has 0 aliphatic heterocycles. The molecule has 0 saturated carbocycles. The first-order valence-corrected chi connectivity index (χ1v) is 13.1. The third-order valence-corrected chi connectivity index (χ3v) is 5.55. The molecule has 0 bridgehead atoms. The summed E-state index contributed by atoms with van der Waals surface area (Å²) in [5.74, 6) is -0.468. The molecule has 0 spiro atoms. The summed E-state index contributed by atoms with van der Waals surface area (Å²) in [6.07, 6.45) is 2.11. The Morgan fingerprint density at radius 1 is 0.674 bits per heavy atom. The normalized spacial score (nSPS) is 10.7. The predicted molar refractivity (Wildman–Crippen MR) is 153 cm³/mol. The third kappa shape index (κ3) is 21.7. The smallest absolute Gasteiger partial charge is 2.00 e. The molecule has 242 valence electrons. The van der Waals surface area contributed by atoms with E-state index in [1.165, 1.54) is 27.7 Å². The van der Waals surface area contributed by atoms with E-state index >= 15 is 0 Å². The number of aryl methyl sites for hydroxylation is 4. The average molecular weight is 678 g/mol. The fourth-order valence-corrected chi connectivity index (χ4v) is 3.97. The van der Waals surface area contributed by atoms with Gasteiger partial charge < -0.3 is 35.7 Å². The van der Waals surface area contributed by atoms with Crippen molar-refractivity contribution in [2.24, 2.45) is 0 Å². The van der Waals surface area contributed by atoms with Crippen molar-refractivity contribution in [3.05, 3.63) is 81.3 Å². The van der Waals surface area contributed by atoms with E-state index < -0.39 is 0 Å². The van der Waals surface area contributed by atoms with E-state index in [-0.39, 0.29) is 75.1 Å². The number of likely N-dealkylation sites (N-methyl/N-ethyl adjacent to an activating group) is 2. The van der Waals surface area contributed by atoms with Gasteiger partial charge in [0.15, 0.2) is 11.6 Å². The number of ketones is 2. The minimum Gasteiger partial charge on any atom is -2.00 e. The Balaban J connectivity index is -0.000000375. The van der Waals surface area contributed by atoms with Gasteiger partial charge in [-0.2, -0.15) is 0 Å². The summed E-state index contributed by atoms with van der Waals surface area (Å²) in [5, 5.41) is 44.5. The van der Waals surface area contributed by atoms with Gasteiger partial charge in [0.2, 0.25) is 0 Å². The number of hydrogen-bond acceptors (Lipinski definition) is 8. The van der Waals surface area contributed by atoms with Crippen LogP contribution in [0.3, 0.4) is 0 Å². The van der Waals surface area contributed by atoms with Crippen LogP contribution in [0, 0.1) is 27.7 Å². The monoisotopic (exact) mass is 677 g/mol. The fourth-order valence-electron chi connectivity index (χ4n) is 3.97. The van der Waals surface area contributed by atoms with E-state index in [0.717, 1.165) is 58.6 Å². The van der Waals surface area contributed by atoms with Gasteiger partial charge in [0.1, 0.15) is 0 Å². The molecule has 0 N–H and O–H groups in total. The zero-order valence-corrected chi connectivity index (χ0v) is 29.2. The molecule has 0 atom stereocenters. The van der Waals surface area contributed by atoms with Gasteiger partial charge in [0, 0.05) is 44.7 Å². The van der Waals surface area contributed by atoms with Gasteiger partial charge in [-0.15, -0.1) is 23.0 Å². The largest absolute Gasteiger partial charge is 3.00 e. The SMILES string of the molecule is CC(=O)/C=C(/C)[O-].CC(=O)/C=C(/C)[O-].Cc1cc(C)c([O-])c(CN(C)CCN(C)Cc2cc(C)cc(C)c2[O-])c1.[Ni+3].[O-2].[V]. The second-order valence-electron chi connectivity index (χ2n) is 10.3. The molecule has 0 unspecified atom stereocenters. The summed E-state index contributed by atoms with van der Waals surface area (Å²) in [4.78, 5) is 24.3. The van der Waals surface area contributed by atoms with Crippen LogP contribution >= 0.6 is 0 Å². The van der Waals surface area contributed by atoms with Crippen LogP contribution in [0.5, 0.6) is 11.5 Å². The minimum absolute atomic E-state index is 0. The maximum Gasteiger partial charge on any atom is 3.00 e.